The summed E-state index contributed by atoms with van der Waals surface area (Å²) in [5.41, 5.74) is 3.17. The lowest BCUT2D eigenvalue weighted by atomic mass is 9.95. The van der Waals surface area contributed by atoms with E-state index in [-0.39, 0.29) is 5.91 Å². The number of hydrogen-bond donors (Lipinski definition) is 3. The number of fused-ring (bicyclic) bond motifs is 1. The predicted molar refractivity (Wildman–Crippen MR) is 135 cm³/mol. The molecule has 34 heavy (non-hydrogen) atoms. The molecular weight excluding hydrogens is 472 g/mol. The van der Waals surface area contributed by atoms with Crippen molar-refractivity contribution in [2.45, 2.75) is 26.3 Å². The molecule has 2 aromatic heterocycles. The maximum Gasteiger partial charge on any atom is 0.302 e. The molecule has 10 heteroatoms. The highest BCUT2D eigenvalue weighted by Gasteiger charge is 2.31. The molecule has 1 amide bonds. The molecule has 1 atom stereocenters. The molecule has 3 N–H and O–H groups in total. The number of nitrogens with zero attached hydrogens (tertiary/aromatic N) is 3. The number of rotatable bonds is 5. The van der Waals surface area contributed by atoms with Gasteiger partial charge in [0.15, 0.2) is 10.7 Å². The second-order valence-electron chi connectivity index (χ2n) is 7.62. The molecule has 1 unspecified atom stereocenters. The Labute approximate surface area is 204 Å². The molecule has 0 saturated heterocycles. The van der Waals surface area contributed by atoms with Gasteiger partial charge < -0.3 is 9.73 Å². The summed E-state index contributed by atoms with van der Waals surface area (Å²) in [6.07, 6.45) is 2.63. The Hall–Kier alpha value is -3.69. The molecule has 4 aromatic rings. The number of anilines is 2. The smallest absolute Gasteiger partial charge is 0.302 e. The van der Waals surface area contributed by atoms with Crippen LogP contribution in [0.4, 0.5) is 11.1 Å². The lowest BCUT2D eigenvalue weighted by Crippen LogP contribution is -2.37. The fraction of sp³-hybridized carbons (Fsp3) is 0.167. The van der Waals surface area contributed by atoms with Crippen molar-refractivity contribution in [1.82, 2.24) is 15.3 Å². The molecule has 0 bridgehead atoms. The number of aromatic nitrogens is 2. The highest BCUT2D eigenvalue weighted by molar-refractivity contribution is 7.15. The topological polar surface area (TPSA) is 104 Å². The van der Waals surface area contributed by atoms with Crippen molar-refractivity contribution in [3.05, 3.63) is 81.5 Å². The third kappa shape index (κ3) is 4.40. The molecule has 3 heterocycles. The zero-order valence-electron chi connectivity index (χ0n) is 18.4. The third-order valence-electron chi connectivity index (χ3n) is 5.33. The number of nitrogens with one attached hydrogen (secondary N) is 3. The first kappa shape index (κ1) is 22.1. The van der Waals surface area contributed by atoms with Crippen molar-refractivity contribution in [3.8, 4) is 0 Å². The molecule has 1 aliphatic heterocycles. The lowest BCUT2D eigenvalue weighted by Gasteiger charge is -2.26. The first-order valence-electron chi connectivity index (χ1n) is 10.7. The standard InChI is InChI=1S/C24H21ClN6O2S/c1-3-14-12-26-24(34-14)30-21(32)19-13(2)27-22(29-20(19)15-8-4-5-9-16(15)25)31-23-28-17-10-6-7-11-18(17)33-23/h4-12,20H,3H2,1-2H3,(H,26,30,32)(H2,27,28,29,31). The maximum atomic E-state index is 13.3. The number of allylic oxidation sites excluding steroid dienone is 1. The van der Waals surface area contributed by atoms with Crippen molar-refractivity contribution in [1.29, 1.82) is 0 Å². The van der Waals surface area contributed by atoms with E-state index in [0.717, 1.165) is 16.8 Å². The second kappa shape index (κ2) is 9.28. The van der Waals surface area contributed by atoms with E-state index in [9.17, 15) is 4.79 Å². The van der Waals surface area contributed by atoms with E-state index in [1.54, 1.807) is 12.3 Å². The van der Waals surface area contributed by atoms with E-state index in [1.165, 1.54) is 11.3 Å². The number of carbonyl (C=O) groups is 1. The molecule has 1 aliphatic rings. The first-order valence-corrected chi connectivity index (χ1v) is 11.9. The Bertz CT molecular complexity index is 1410. The quantitative estimate of drug-likeness (QED) is 0.338. The third-order valence-corrected chi connectivity index (χ3v) is 6.73. The van der Waals surface area contributed by atoms with Crippen LogP contribution < -0.4 is 16.0 Å². The Kier molecular flexibility index (Phi) is 6.04. The predicted octanol–water partition coefficient (Wildman–Crippen LogP) is 5.53. The minimum absolute atomic E-state index is 0.293. The van der Waals surface area contributed by atoms with Crippen molar-refractivity contribution >= 4 is 57.1 Å². The lowest BCUT2D eigenvalue weighted by molar-refractivity contribution is -0.113. The summed E-state index contributed by atoms with van der Waals surface area (Å²) in [5, 5.41) is 10.2. The first-order chi connectivity index (χ1) is 16.5. The summed E-state index contributed by atoms with van der Waals surface area (Å²) in [6.45, 7) is 3.87. The van der Waals surface area contributed by atoms with Gasteiger partial charge in [0, 0.05) is 27.4 Å². The van der Waals surface area contributed by atoms with E-state index in [2.05, 4.69) is 25.9 Å². The van der Waals surface area contributed by atoms with Gasteiger partial charge in [0.25, 0.3) is 5.91 Å². The van der Waals surface area contributed by atoms with Gasteiger partial charge in [-0.1, -0.05) is 48.9 Å². The number of oxazole rings is 1. The summed E-state index contributed by atoms with van der Waals surface area (Å²) < 4.78 is 5.77. The van der Waals surface area contributed by atoms with Gasteiger partial charge in [0.2, 0.25) is 5.96 Å². The van der Waals surface area contributed by atoms with Gasteiger partial charge >= 0.3 is 6.01 Å². The average molecular weight is 493 g/mol. The molecule has 172 valence electrons. The van der Waals surface area contributed by atoms with E-state index in [0.29, 0.717) is 44.5 Å². The summed E-state index contributed by atoms with van der Waals surface area (Å²) in [6, 6.07) is 14.5. The second-order valence-corrected chi connectivity index (χ2v) is 9.14. The Balaban J connectivity index is 1.48. The van der Waals surface area contributed by atoms with Gasteiger partial charge in [-0.15, -0.1) is 11.3 Å². The highest BCUT2D eigenvalue weighted by Crippen LogP contribution is 2.35. The number of guanidine groups is 1. The fourth-order valence-electron chi connectivity index (χ4n) is 3.68. The summed E-state index contributed by atoms with van der Waals surface area (Å²) in [7, 11) is 0. The number of amides is 1. The van der Waals surface area contributed by atoms with Crippen LogP contribution in [0.2, 0.25) is 5.02 Å². The number of carbonyl (C=O) groups excluding carboxylic acids is 1. The highest BCUT2D eigenvalue weighted by atomic mass is 35.5. The minimum atomic E-state index is -0.646. The Morgan fingerprint density at radius 3 is 2.76 bits per heavy atom. The van der Waals surface area contributed by atoms with Gasteiger partial charge in [-0.3, -0.25) is 15.4 Å². The number of hydrogen-bond acceptors (Lipinski definition) is 8. The molecule has 5 rings (SSSR count). The number of aliphatic imine (C=N–C) groups is 1. The molecule has 0 radical (unpaired) electrons. The monoisotopic (exact) mass is 492 g/mol. The van der Waals surface area contributed by atoms with Crippen molar-refractivity contribution < 1.29 is 9.21 Å². The van der Waals surface area contributed by atoms with Gasteiger partial charge in [-0.05, 0) is 31.5 Å². The van der Waals surface area contributed by atoms with Gasteiger partial charge in [0.1, 0.15) is 11.6 Å². The van der Waals surface area contributed by atoms with Crippen LogP contribution in [0.1, 0.15) is 30.3 Å². The number of aryl methyl sites for hydroxylation is 1. The van der Waals surface area contributed by atoms with Crippen LogP contribution in [0.5, 0.6) is 0 Å². The van der Waals surface area contributed by atoms with Gasteiger partial charge in [-0.2, -0.15) is 4.98 Å². The zero-order chi connectivity index (χ0) is 23.7. The summed E-state index contributed by atoms with van der Waals surface area (Å²) >= 11 is 7.96. The number of halogens is 1. The van der Waals surface area contributed by atoms with Crippen molar-refractivity contribution in [3.63, 3.8) is 0 Å². The van der Waals surface area contributed by atoms with Crippen LogP contribution in [-0.4, -0.2) is 21.8 Å². The normalized spacial score (nSPS) is 15.7. The summed E-state index contributed by atoms with van der Waals surface area (Å²) in [5.74, 6) is 0.102. The van der Waals surface area contributed by atoms with Crippen LogP contribution in [0.3, 0.4) is 0 Å². The Morgan fingerprint density at radius 1 is 1.21 bits per heavy atom. The van der Waals surface area contributed by atoms with Crippen LogP contribution in [-0.2, 0) is 11.2 Å². The van der Waals surface area contributed by atoms with Gasteiger partial charge in [-0.25, -0.2) is 9.98 Å². The van der Waals surface area contributed by atoms with Crippen LogP contribution >= 0.6 is 22.9 Å². The van der Waals surface area contributed by atoms with Crippen LogP contribution in [0.25, 0.3) is 11.1 Å². The molecular formula is C24H21ClN6O2S. The zero-order valence-corrected chi connectivity index (χ0v) is 20.0. The SMILES string of the molecule is CCc1cnc(NC(=O)C2=C(C)NC(Nc3nc4ccccc4o3)=NC2c2ccccc2Cl)s1. The molecule has 0 aliphatic carbocycles. The van der Waals surface area contributed by atoms with Crippen molar-refractivity contribution in [2.24, 2.45) is 4.99 Å². The number of benzene rings is 2. The number of para-hydroxylation sites is 2. The van der Waals surface area contributed by atoms with Crippen molar-refractivity contribution in [2.75, 3.05) is 10.6 Å². The summed E-state index contributed by atoms with van der Waals surface area (Å²) in [4.78, 5) is 27.9. The molecule has 0 saturated carbocycles. The maximum absolute atomic E-state index is 13.3. The molecule has 0 fully saturated rings. The number of thiazole rings is 1. The van der Waals surface area contributed by atoms with E-state index < -0.39 is 6.04 Å². The largest absolute Gasteiger partial charge is 0.423 e. The molecule has 0 spiro atoms. The molecule has 8 nitrogen and oxygen atoms in total. The minimum Gasteiger partial charge on any atom is -0.423 e. The van der Waals surface area contributed by atoms with Crippen LogP contribution in [0.15, 0.2) is 75.4 Å². The fourth-order valence-corrected chi connectivity index (χ4v) is 4.66. The van der Waals surface area contributed by atoms with Gasteiger partial charge in [0.05, 0.1) is 5.57 Å². The molecule has 2 aromatic carbocycles. The van der Waals surface area contributed by atoms with E-state index in [1.807, 2.05) is 56.3 Å². The van der Waals surface area contributed by atoms with Crippen LogP contribution in [0, 0.1) is 0 Å². The average Bonchev–Trinajstić information content (AvgIpc) is 3.44. The Morgan fingerprint density at radius 2 is 2.00 bits per heavy atom. The van der Waals surface area contributed by atoms with E-state index in [4.69, 9.17) is 21.0 Å². The van der Waals surface area contributed by atoms with E-state index >= 15 is 0 Å².